The van der Waals surface area contributed by atoms with Crippen molar-refractivity contribution < 1.29 is 4.42 Å². The Morgan fingerprint density at radius 2 is 2.18 bits per heavy atom. The Labute approximate surface area is 134 Å². The number of hydrogen-bond donors (Lipinski definition) is 1. The number of furan rings is 1. The van der Waals surface area contributed by atoms with E-state index in [1.807, 2.05) is 13.0 Å². The van der Waals surface area contributed by atoms with Crippen LogP contribution in [0.2, 0.25) is 5.02 Å². The van der Waals surface area contributed by atoms with E-state index in [0.717, 1.165) is 5.56 Å². The molecule has 0 bridgehead atoms. The van der Waals surface area contributed by atoms with Crippen molar-refractivity contribution >= 4 is 23.4 Å². The predicted octanol–water partition coefficient (Wildman–Crippen LogP) is 2.63. The van der Waals surface area contributed by atoms with Crippen molar-refractivity contribution in [2.45, 2.75) is 17.1 Å². The first-order chi connectivity index (χ1) is 10.6. The van der Waals surface area contributed by atoms with Crippen molar-refractivity contribution in [3.05, 3.63) is 40.9 Å². The van der Waals surface area contributed by atoms with Crippen molar-refractivity contribution in [3.8, 4) is 17.5 Å². The Morgan fingerprint density at radius 1 is 1.36 bits per heavy atom. The van der Waals surface area contributed by atoms with E-state index in [-0.39, 0.29) is 5.69 Å². The van der Waals surface area contributed by atoms with Crippen molar-refractivity contribution in [3.63, 3.8) is 0 Å². The van der Waals surface area contributed by atoms with Crippen LogP contribution in [0, 0.1) is 18.3 Å². The van der Waals surface area contributed by atoms with E-state index >= 15 is 0 Å². The van der Waals surface area contributed by atoms with E-state index in [2.05, 4.69) is 15.2 Å². The van der Waals surface area contributed by atoms with Gasteiger partial charge in [0.15, 0.2) is 11.5 Å². The van der Waals surface area contributed by atoms with Gasteiger partial charge in [-0.05, 0) is 36.9 Å². The number of aryl methyl sites for hydroxylation is 1. The smallest absolute Gasteiger partial charge is 0.216 e. The number of nitrogens with zero attached hydrogens (tertiary/aromatic N) is 5. The van der Waals surface area contributed by atoms with Gasteiger partial charge in [-0.2, -0.15) is 5.26 Å². The maximum Gasteiger partial charge on any atom is 0.216 e. The molecule has 0 unspecified atom stereocenters. The van der Waals surface area contributed by atoms with Gasteiger partial charge in [0, 0.05) is 0 Å². The van der Waals surface area contributed by atoms with Gasteiger partial charge in [-0.3, -0.25) is 0 Å². The van der Waals surface area contributed by atoms with E-state index < -0.39 is 0 Å². The van der Waals surface area contributed by atoms with Crippen LogP contribution in [-0.2, 0) is 0 Å². The zero-order chi connectivity index (χ0) is 15.7. The van der Waals surface area contributed by atoms with Crippen molar-refractivity contribution in [1.82, 2.24) is 19.9 Å². The molecular formula is C13H9ClN6OS. The molecule has 3 aromatic rings. The first-order valence-corrected chi connectivity index (χ1v) is 7.29. The SMILES string of the molecule is Cc1occc1-c1nnc(Sc2ccc(Cl)c(C#N)n2)n1N. The minimum absolute atomic E-state index is 0.153. The molecule has 3 heterocycles. The van der Waals surface area contributed by atoms with E-state index in [1.165, 1.54) is 16.4 Å². The van der Waals surface area contributed by atoms with E-state index in [0.29, 0.717) is 26.8 Å². The lowest BCUT2D eigenvalue weighted by Crippen LogP contribution is -2.11. The Morgan fingerprint density at radius 3 is 2.86 bits per heavy atom. The van der Waals surface area contributed by atoms with Gasteiger partial charge in [0.1, 0.15) is 16.9 Å². The summed E-state index contributed by atoms with van der Waals surface area (Å²) in [7, 11) is 0. The van der Waals surface area contributed by atoms with Crippen LogP contribution in [0.5, 0.6) is 0 Å². The van der Waals surface area contributed by atoms with Gasteiger partial charge in [0.05, 0.1) is 16.8 Å². The largest absolute Gasteiger partial charge is 0.469 e. The second kappa shape index (κ2) is 5.71. The first kappa shape index (κ1) is 14.4. The van der Waals surface area contributed by atoms with Crippen LogP contribution >= 0.6 is 23.4 Å². The van der Waals surface area contributed by atoms with Crippen LogP contribution in [-0.4, -0.2) is 19.9 Å². The molecule has 0 saturated heterocycles. The average Bonchev–Trinajstić information content (AvgIpc) is 3.08. The fourth-order valence-electron chi connectivity index (χ4n) is 1.80. The molecule has 22 heavy (non-hydrogen) atoms. The van der Waals surface area contributed by atoms with Gasteiger partial charge >= 0.3 is 0 Å². The lowest BCUT2D eigenvalue weighted by Gasteiger charge is -2.03. The van der Waals surface area contributed by atoms with E-state index in [4.69, 9.17) is 27.1 Å². The average molecular weight is 333 g/mol. The molecule has 0 saturated carbocycles. The zero-order valence-corrected chi connectivity index (χ0v) is 12.9. The molecule has 0 aromatic carbocycles. The monoisotopic (exact) mass is 332 g/mol. The molecule has 0 atom stereocenters. The van der Waals surface area contributed by atoms with Gasteiger partial charge in [-0.15, -0.1) is 10.2 Å². The Kier molecular flexibility index (Phi) is 3.75. The number of aromatic nitrogens is 4. The van der Waals surface area contributed by atoms with Crippen LogP contribution in [0.25, 0.3) is 11.4 Å². The summed E-state index contributed by atoms with van der Waals surface area (Å²) >= 11 is 7.05. The van der Waals surface area contributed by atoms with Gasteiger partial charge in [0.25, 0.3) is 0 Å². The highest BCUT2D eigenvalue weighted by atomic mass is 35.5. The highest BCUT2D eigenvalue weighted by Gasteiger charge is 2.17. The number of pyridine rings is 1. The van der Waals surface area contributed by atoms with Crippen LogP contribution in [0.3, 0.4) is 0 Å². The van der Waals surface area contributed by atoms with Gasteiger partial charge < -0.3 is 10.3 Å². The summed E-state index contributed by atoms with van der Waals surface area (Å²) < 4.78 is 6.59. The number of nitrogen functional groups attached to an aromatic ring is 1. The summed E-state index contributed by atoms with van der Waals surface area (Å²) in [5.74, 6) is 7.21. The second-order valence-electron chi connectivity index (χ2n) is 4.26. The standard InChI is InChI=1S/C13H9ClN6OS/c1-7-8(4-5-21-7)12-18-19-13(20(12)16)22-11-3-2-9(14)10(6-15)17-11/h2-5H,16H2,1H3. The van der Waals surface area contributed by atoms with Gasteiger partial charge in [-0.25, -0.2) is 9.66 Å². The first-order valence-electron chi connectivity index (χ1n) is 6.09. The maximum absolute atomic E-state index is 8.95. The highest BCUT2D eigenvalue weighted by molar-refractivity contribution is 7.99. The van der Waals surface area contributed by atoms with Crippen LogP contribution in [0.1, 0.15) is 11.5 Å². The molecule has 9 heteroatoms. The lowest BCUT2D eigenvalue weighted by atomic mass is 10.2. The minimum Gasteiger partial charge on any atom is -0.469 e. The molecule has 7 nitrogen and oxygen atoms in total. The maximum atomic E-state index is 8.95. The topological polar surface area (TPSA) is 107 Å². The molecule has 0 fully saturated rings. The molecule has 0 amide bonds. The zero-order valence-electron chi connectivity index (χ0n) is 11.3. The molecule has 0 spiro atoms. The quantitative estimate of drug-likeness (QED) is 0.734. The summed E-state index contributed by atoms with van der Waals surface area (Å²) in [5, 5.41) is 18.3. The minimum atomic E-state index is 0.153. The number of rotatable bonds is 3. The van der Waals surface area contributed by atoms with Crippen LogP contribution in [0.15, 0.2) is 39.1 Å². The second-order valence-corrected chi connectivity index (χ2v) is 5.66. The van der Waals surface area contributed by atoms with E-state index in [9.17, 15) is 0 Å². The summed E-state index contributed by atoms with van der Waals surface area (Å²) in [4.78, 5) is 4.13. The van der Waals surface area contributed by atoms with Gasteiger partial charge in [0.2, 0.25) is 5.16 Å². The molecule has 0 radical (unpaired) electrons. The molecular weight excluding hydrogens is 324 g/mol. The fraction of sp³-hybridized carbons (Fsp3) is 0.0769. The highest BCUT2D eigenvalue weighted by Crippen LogP contribution is 2.29. The Balaban J connectivity index is 1.93. The molecule has 3 aromatic heterocycles. The van der Waals surface area contributed by atoms with E-state index in [1.54, 1.807) is 24.5 Å². The normalized spacial score (nSPS) is 10.6. The molecule has 3 rings (SSSR count). The number of nitriles is 1. The number of hydrogen-bond acceptors (Lipinski definition) is 7. The Hall–Kier alpha value is -2.50. The van der Waals surface area contributed by atoms with Crippen molar-refractivity contribution in [1.29, 1.82) is 5.26 Å². The third-order valence-corrected chi connectivity index (χ3v) is 4.09. The molecule has 110 valence electrons. The molecule has 0 aliphatic carbocycles. The summed E-state index contributed by atoms with van der Waals surface area (Å²) in [6.45, 7) is 1.82. The molecule has 0 aliphatic rings. The van der Waals surface area contributed by atoms with Crippen LogP contribution < -0.4 is 5.84 Å². The molecule has 2 N–H and O–H groups in total. The third kappa shape index (κ3) is 2.52. The summed E-state index contributed by atoms with van der Waals surface area (Å²) in [5.41, 5.74) is 0.921. The Bertz CT molecular complexity index is 881. The fourth-order valence-corrected chi connectivity index (χ4v) is 2.67. The summed E-state index contributed by atoms with van der Waals surface area (Å²) in [6, 6.07) is 6.99. The molecule has 0 aliphatic heterocycles. The number of halogens is 1. The summed E-state index contributed by atoms with van der Waals surface area (Å²) in [6.07, 6.45) is 1.56. The predicted molar refractivity (Wildman–Crippen MR) is 80.7 cm³/mol. The lowest BCUT2D eigenvalue weighted by molar-refractivity contribution is 0.535. The van der Waals surface area contributed by atoms with Crippen molar-refractivity contribution in [2.75, 3.05) is 5.84 Å². The third-order valence-electron chi connectivity index (χ3n) is 2.89. The number of nitrogens with two attached hydrogens (primary N) is 1. The van der Waals surface area contributed by atoms with Gasteiger partial charge in [-0.1, -0.05) is 11.6 Å². The van der Waals surface area contributed by atoms with Crippen molar-refractivity contribution in [2.24, 2.45) is 0 Å². The van der Waals surface area contributed by atoms with Crippen LogP contribution in [0.4, 0.5) is 0 Å².